The van der Waals surface area contributed by atoms with Gasteiger partial charge in [-0.1, -0.05) is 65.9 Å². The minimum absolute atomic E-state index is 0.113. The Morgan fingerprint density at radius 3 is 2.53 bits per heavy atom. The van der Waals surface area contributed by atoms with E-state index < -0.39 is 0 Å². The van der Waals surface area contributed by atoms with E-state index in [1.165, 1.54) is 29.6 Å². The third kappa shape index (κ3) is 7.39. The van der Waals surface area contributed by atoms with Gasteiger partial charge < -0.3 is 10.6 Å². The molecule has 0 bridgehead atoms. The highest BCUT2D eigenvalue weighted by Gasteiger charge is 2.20. The Balaban J connectivity index is 1.43. The van der Waals surface area contributed by atoms with E-state index >= 15 is 0 Å². The van der Waals surface area contributed by atoms with Crippen LogP contribution in [0.3, 0.4) is 0 Å². The molecule has 0 saturated carbocycles. The number of nitrogens with zero attached hydrogens (tertiary/aromatic N) is 5. The van der Waals surface area contributed by atoms with Crippen LogP contribution in [0.1, 0.15) is 37.0 Å². The second-order valence-electron chi connectivity index (χ2n) is 8.71. The number of nitrogens with two attached hydrogens (primary N) is 1. The minimum Gasteiger partial charge on any atom is -0.383 e. The maximum absolute atomic E-state index is 12.1. The lowest BCUT2D eigenvalue weighted by Gasteiger charge is -2.30. The highest BCUT2D eigenvalue weighted by atomic mass is 32.2. The molecule has 0 unspecified atom stereocenters. The van der Waals surface area contributed by atoms with E-state index in [0.717, 1.165) is 40.7 Å². The number of benzene rings is 3. The number of thioether (sulfide) groups is 1. The topological polar surface area (TPSA) is 87.9 Å². The number of aliphatic imine (C=N–C) groups is 2. The van der Waals surface area contributed by atoms with Crippen molar-refractivity contribution in [2.45, 2.75) is 20.3 Å². The van der Waals surface area contributed by atoms with Gasteiger partial charge in [-0.25, -0.2) is 9.98 Å². The molecule has 1 fully saturated rings. The Bertz CT molecular complexity index is 1380. The van der Waals surface area contributed by atoms with Crippen LogP contribution in [0, 0.1) is 0 Å². The number of amidine groups is 2. The summed E-state index contributed by atoms with van der Waals surface area (Å²) in [5, 5.41) is 9.82. The lowest BCUT2D eigenvalue weighted by Crippen LogP contribution is -2.34. The van der Waals surface area contributed by atoms with Crippen LogP contribution < -0.4 is 15.6 Å². The first kappa shape index (κ1) is 26.8. The smallest absolute Gasteiger partial charge is 0.190 e. The van der Waals surface area contributed by atoms with Gasteiger partial charge in [-0.2, -0.15) is 5.10 Å². The molecule has 4 rings (SSSR count). The summed E-state index contributed by atoms with van der Waals surface area (Å²) < 4.78 is 12.1. The number of hydrogen-bond acceptors (Lipinski definition) is 5. The fourth-order valence-corrected chi connectivity index (χ4v) is 4.64. The van der Waals surface area contributed by atoms with Crippen molar-refractivity contribution in [3.63, 3.8) is 0 Å². The molecule has 0 aromatic heterocycles. The number of halogens is 1. The quantitative estimate of drug-likeness (QED) is 0.198. The Hall–Kier alpha value is -4.24. The maximum Gasteiger partial charge on any atom is 0.190 e. The van der Waals surface area contributed by atoms with Crippen molar-refractivity contribution in [2.75, 3.05) is 17.2 Å². The molecule has 7 nitrogen and oxygen atoms in total. The van der Waals surface area contributed by atoms with Gasteiger partial charge in [0.25, 0.3) is 0 Å². The normalized spacial score (nSPS) is 15.4. The van der Waals surface area contributed by atoms with Crippen molar-refractivity contribution >= 4 is 52.8 Å². The van der Waals surface area contributed by atoms with E-state index in [1.807, 2.05) is 24.3 Å². The van der Waals surface area contributed by atoms with Crippen LogP contribution in [0.5, 0.6) is 5.75 Å². The fourth-order valence-electron chi connectivity index (χ4n) is 3.73. The zero-order valence-electron chi connectivity index (χ0n) is 21.3. The number of para-hydroxylation sites is 1. The summed E-state index contributed by atoms with van der Waals surface area (Å²) in [5.41, 5.74) is 11.9. The lowest BCUT2D eigenvalue weighted by molar-refractivity contribution is -0.00618. The monoisotopic (exact) mass is 528 g/mol. The summed E-state index contributed by atoms with van der Waals surface area (Å²) in [4.78, 5) is 14.3. The van der Waals surface area contributed by atoms with Gasteiger partial charge in [-0.15, -0.1) is 5.10 Å². The molecule has 0 aliphatic carbocycles. The van der Waals surface area contributed by atoms with Gasteiger partial charge >= 0.3 is 0 Å². The van der Waals surface area contributed by atoms with Crippen LogP contribution in [0.4, 0.5) is 15.9 Å². The van der Waals surface area contributed by atoms with Crippen LogP contribution in [0.2, 0.25) is 0 Å². The van der Waals surface area contributed by atoms with Crippen LogP contribution in [0.25, 0.3) is 6.08 Å². The van der Waals surface area contributed by atoms with Crippen molar-refractivity contribution in [2.24, 2.45) is 25.9 Å². The Labute approximate surface area is 226 Å². The third-order valence-electron chi connectivity index (χ3n) is 5.55. The Morgan fingerprint density at radius 1 is 1.03 bits per heavy atom. The molecule has 1 aliphatic heterocycles. The number of rotatable bonds is 8. The first-order valence-corrected chi connectivity index (χ1v) is 13.1. The lowest BCUT2D eigenvalue weighted by atomic mass is 10.1. The van der Waals surface area contributed by atoms with E-state index in [4.69, 9.17) is 5.73 Å². The molecule has 0 radical (unpaired) electrons. The molecule has 1 saturated heterocycles. The molecule has 9 heteroatoms. The molecule has 194 valence electrons. The molecule has 38 heavy (non-hydrogen) atoms. The average molecular weight is 529 g/mol. The van der Waals surface area contributed by atoms with Crippen LogP contribution in [0.15, 0.2) is 98.6 Å². The van der Waals surface area contributed by atoms with Gasteiger partial charge in [-0.05, 0) is 61.7 Å². The summed E-state index contributed by atoms with van der Waals surface area (Å²) in [6, 6.07) is 22.1. The molecule has 1 heterocycles. The van der Waals surface area contributed by atoms with Crippen molar-refractivity contribution in [3.05, 3.63) is 95.1 Å². The Kier molecular flexibility index (Phi) is 9.42. The molecule has 3 aromatic carbocycles. The van der Waals surface area contributed by atoms with Gasteiger partial charge in [0, 0.05) is 22.4 Å². The predicted molar refractivity (Wildman–Crippen MR) is 159 cm³/mol. The predicted octanol–water partition coefficient (Wildman–Crippen LogP) is 6.77. The van der Waals surface area contributed by atoms with Gasteiger partial charge in [0.15, 0.2) is 10.9 Å². The first-order chi connectivity index (χ1) is 18.5. The molecular formula is C29H29FN6OS. The van der Waals surface area contributed by atoms with E-state index in [-0.39, 0.29) is 5.75 Å². The molecule has 0 atom stereocenters. The van der Waals surface area contributed by atoms with E-state index in [1.54, 1.807) is 30.1 Å². The maximum atomic E-state index is 12.1. The summed E-state index contributed by atoms with van der Waals surface area (Å²) >= 11 is 1.72. The fraction of sp³-hybridized carbons (Fsp3) is 0.172. The van der Waals surface area contributed by atoms with Gasteiger partial charge in [0.05, 0.1) is 17.6 Å². The highest BCUT2D eigenvalue weighted by Crippen LogP contribution is 2.29. The van der Waals surface area contributed by atoms with Gasteiger partial charge in [-0.3, -0.25) is 4.94 Å². The molecule has 1 aliphatic rings. The third-order valence-corrected chi connectivity index (χ3v) is 6.60. The SMILES string of the molecule is CC(C)=Cc1ccccc1N1CCCS/C1=N\N=C\c1ccc(C(N)=NC=Nc2ccc(OF)cc2)cc1. The highest BCUT2D eigenvalue weighted by molar-refractivity contribution is 8.14. The van der Waals surface area contributed by atoms with E-state index in [0.29, 0.717) is 11.5 Å². The zero-order chi connectivity index (χ0) is 26.7. The number of anilines is 1. The molecule has 2 N–H and O–H groups in total. The van der Waals surface area contributed by atoms with Crippen LogP contribution in [-0.4, -0.2) is 35.9 Å². The standard InChI is InChI=1S/C29H29FN6OS/c1-21(2)18-24-6-3-4-7-27(24)36-16-5-17-38-29(36)35-34-19-22-8-10-23(11-9-22)28(31)33-20-32-25-12-14-26(37-30)15-13-25/h3-4,6-15,18-20H,5,16-17H2,1-2H3,(H2,31,32,33)/b34-19+,35-29-. The van der Waals surface area contributed by atoms with Crippen LogP contribution >= 0.6 is 11.8 Å². The largest absolute Gasteiger partial charge is 0.383 e. The van der Waals surface area contributed by atoms with E-state index in [2.05, 4.69) is 74.2 Å². The van der Waals surface area contributed by atoms with Crippen molar-refractivity contribution < 1.29 is 9.47 Å². The van der Waals surface area contributed by atoms with Crippen molar-refractivity contribution in [1.82, 2.24) is 0 Å². The van der Waals surface area contributed by atoms with Crippen molar-refractivity contribution in [3.8, 4) is 5.75 Å². The summed E-state index contributed by atoms with van der Waals surface area (Å²) in [6.07, 6.45) is 6.37. The first-order valence-electron chi connectivity index (χ1n) is 12.1. The zero-order valence-corrected chi connectivity index (χ0v) is 22.1. The molecule has 3 aromatic rings. The second kappa shape index (κ2) is 13.3. The summed E-state index contributed by atoms with van der Waals surface area (Å²) in [5.74, 6) is 1.45. The number of allylic oxidation sites excluding steroid dienone is 1. The molecule has 0 amide bonds. The Morgan fingerprint density at radius 2 is 1.79 bits per heavy atom. The molecule has 0 spiro atoms. The van der Waals surface area contributed by atoms with Crippen molar-refractivity contribution in [1.29, 1.82) is 0 Å². The number of hydrogen-bond donors (Lipinski definition) is 1. The van der Waals surface area contributed by atoms with Gasteiger partial charge in [0.2, 0.25) is 0 Å². The average Bonchev–Trinajstić information content (AvgIpc) is 2.94. The van der Waals surface area contributed by atoms with E-state index in [9.17, 15) is 4.53 Å². The summed E-state index contributed by atoms with van der Waals surface area (Å²) in [6.45, 7) is 5.11. The summed E-state index contributed by atoms with van der Waals surface area (Å²) in [7, 11) is 0. The van der Waals surface area contributed by atoms with Crippen LogP contribution in [-0.2, 0) is 0 Å². The molecular weight excluding hydrogens is 499 g/mol. The second-order valence-corrected chi connectivity index (χ2v) is 9.78. The minimum atomic E-state index is 0.113. The van der Waals surface area contributed by atoms with Gasteiger partial charge in [0.1, 0.15) is 12.2 Å².